The Balaban J connectivity index is 2.30. The normalized spacial score (nSPS) is 11.1. The standard InChI is InChI=1S/C12H8Cl2N2O4S/c13-10-6-5-9(11(14)15-10)21(19,20)16-8-3-1-7(2-4-8)12(17)18/h1-6,16H,(H,17,18). The topological polar surface area (TPSA) is 96.4 Å². The number of sulfonamides is 1. The minimum atomic E-state index is -3.94. The summed E-state index contributed by atoms with van der Waals surface area (Å²) in [6.45, 7) is 0. The van der Waals surface area contributed by atoms with Crippen LogP contribution in [0, 0.1) is 0 Å². The van der Waals surface area contributed by atoms with Crippen molar-refractivity contribution < 1.29 is 18.3 Å². The van der Waals surface area contributed by atoms with E-state index in [4.69, 9.17) is 28.3 Å². The third-order valence-corrected chi connectivity index (χ3v) is 4.48. The zero-order chi connectivity index (χ0) is 15.6. The Labute approximate surface area is 130 Å². The monoisotopic (exact) mass is 346 g/mol. The Morgan fingerprint density at radius 1 is 1.10 bits per heavy atom. The molecule has 6 nitrogen and oxygen atoms in total. The molecule has 0 fully saturated rings. The van der Waals surface area contributed by atoms with Gasteiger partial charge in [0.1, 0.15) is 10.0 Å². The van der Waals surface area contributed by atoms with E-state index in [1.807, 2.05) is 0 Å². The lowest BCUT2D eigenvalue weighted by molar-refractivity contribution is 0.0697. The first-order valence-electron chi connectivity index (χ1n) is 5.48. The van der Waals surface area contributed by atoms with Crippen LogP contribution in [0.5, 0.6) is 0 Å². The summed E-state index contributed by atoms with van der Waals surface area (Å²) < 4.78 is 26.6. The van der Waals surface area contributed by atoms with Crippen LogP contribution in [0.25, 0.3) is 0 Å². The maximum atomic E-state index is 12.2. The number of hydrogen-bond acceptors (Lipinski definition) is 4. The second-order valence-corrected chi connectivity index (χ2v) is 6.31. The molecule has 9 heteroatoms. The summed E-state index contributed by atoms with van der Waals surface area (Å²) in [5.74, 6) is -1.10. The van der Waals surface area contributed by atoms with E-state index in [9.17, 15) is 13.2 Å². The number of rotatable bonds is 4. The number of nitrogens with zero attached hydrogens (tertiary/aromatic N) is 1. The number of carboxylic acid groups (broad SMARTS) is 1. The molecule has 2 aromatic rings. The van der Waals surface area contributed by atoms with Crippen LogP contribution in [-0.4, -0.2) is 24.5 Å². The maximum absolute atomic E-state index is 12.2. The molecule has 110 valence electrons. The van der Waals surface area contributed by atoms with Crippen molar-refractivity contribution in [3.63, 3.8) is 0 Å². The molecule has 2 rings (SSSR count). The quantitative estimate of drug-likeness (QED) is 0.829. The molecule has 1 aromatic carbocycles. The van der Waals surface area contributed by atoms with Crippen LogP contribution in [0.15, 0.2) is 41.3 Å². The number of nitrogens with one attached hydrogen (secondary N) is 1. The van der Waals surface area contributed by atoms with Crippen LogP contribution < -0.4 is 4.72 Å². The zero-order valence-corrected chi connectivity index (χ0v) is 12.6. The number of carbonyl (C=O) groups is 1. The van der Waals surface area contributed by atoms with Crippen LogP contribution >= 0.6 is 23.2 Å². The van der Waals surface area contributed by atoms with Crippen molar-refractivity contribution in [3.05, 3.63) is 52.3 Å². The molecular formula is C12H8Cl2N2O4S. The summed E-state index contributed by atoms with van der Waals surface area (Å²) in [6, 6.07) is 7.75. The van der Waals surface area contributed by atoms with E-state index < -0.39 is 16.0 Å². The fourth-order valence-electron chi connectivity index (χ4n) is 1.49. The number of pyridine rings is 1. The largest absolute Gasteiger partial charge is 0.478 e. The van der Waals surface area contributed by atoms with Crippen molar-refractivity contribution >= 4 is 44.9 Å². The van der Waals surface area contributed by atoms with Crippen molar-refractivity contribution in [3.8, 4) is 0 Å². The Bertz CT molecular complexity index is 791. The van der Waals surface area contributed by atoms with Gasteiger partial charge in [0, 0.05) is 5.69 Å². The molecule has 0 aliphatic carbocycles. The first-order valence-corrected chi connectivity index (χ1v) is 7.72. The zero-order valence-electron chi connectivity index (χ0n) is 10.2. The summed E-state index contributed by atoms with van der Waals surface area (Å²) in [6.07, 6.45) is 0. The fraction of sp³-hybridized carbons (Fsp3) is 0. The fourth-order valence-corrected chi connectivity index (χ4v) is 3.21. The summed E-state index contributed by atoms with van der Waals surface area (Å²) >= 11 is 11.4. The molecule has 2 N–H and O–H groups in total. The Morgan fingerprint density at radius 3 is 2.24 bits per heavy atom. The van der Waals surface area contributed by atoms with Gasteiger partial charge in [-0.25, -0.2) is 18.2 Å². The van der Waals surface area contributed by atoms with Crippen LogP contribution in [0.1, 0.15) is 10.4 Å². The summed E-state index contributed by atoms with van der Waals surface area (Å²) in [7, 11) is -3.94. The number of halogens is 2. The van der Waals surface area contributed by atoms with E-state index in [2.05, 4.69) is 9.71 Å². The van der Waals surface area contributed by atoms with Gasteiger partial charge in [-0.2, -0.15) is 0 Å². The van der Waals surface area contributed by atoms with Gasteiger partial charge in [0.25, 0.3) is 10.0 Å². The molecule has 0 unspecified atom stereocenters. The highest BCUT2D eigenvalue weighted by Crippen LogP contribution is 2.24. The average molecular weight is 347 g/mol. The third kappa shape index (κ3) is 3.63. The summed E-state index contributed by atoms with van der Waals surface area (Å²) in [5.41, 5.74) is 0.246. The van der Waals surface area contributed by atoms with E-state index in [0.29, 0.717) is 0 Å². The highest BCUT2D eigenvalue weighted by Gasteiger charge is 2.19. The van der Waals surface area contributed by atoms with Crippen LogP contribution in [0.3, 0.4) is 0 Å². The molecule has 21 heavy (non-hydrogen) atoms. The molecular weight excluding hydrogens is 339 g/mol. The highest BCUT2D eigenvalue weighted by atomic mass is 35.5. The number of anilines is 1. The van der Waals surface area contributed by atoms with E-state index in [0.717, 1.165) is 0 Å². The van der Waals surface area contributed by atoms with Crippen molar-refractivity contribution in [2.45, 2.75) is 4.90 Å². The van der Waals surface area contributed by atoms with Crippen molar-refractivity contribution in [1.82, 2.24) is 4.98 Å². The Hall–Kier alpha value is -1.83. The van der Waals surface area contributed by atoms with E-state index in [1.54, 1.807) is 0 Å². The number of carboxylic acids is 1. The van der Waals surface area contributed by atoms with E-state index >= 15 is 0 Å². The number of hydrogen-bond donors (Lipinski definition) is 2. The molecule has 0 radical (unpaired) electrons. The molecule has 0 spiro atoms. The van der Waals surface area contributed by atoms with E-state index in [-0.39, 0.29) is 26.5 Å². The minimum absolute atomic E-state index is 0.0455. The van der Waals surface area contributed by atoms with Crippen molar-refractivity contribution in [2.24, 2.45) is 0 Å². The number of aromatic carboxylic acids is 1. The molecule has 0 aliphatic heterocycles. The summed E-state index contributed by atoms with van der Waals surface area (Å²) in [4.78, 5) is 14.1. The molecule has 1 aromatic heterocycles. The summed E-state index contributed by atoms with van der Waals surface area (Å²) in [5, 5.41) is 8.59. The second kappa shape index (κ2) is 5.88. The Morgan fingerprint density at radius 2 is 1.71 bits per heavy atom. The minimum Gasteiger partial charge on any atom is -0.478 e. The van der Waals surface area contributed by atoms with Gasteiger partial charge < -0.3 is 5.11 Å². The maximum Gasteiger partial charge on any atom is 0.335 e. The van der Waals surface area contributed by atoms with Gasteiger partial charge in [-0.1, -0.05) is 23.2 Å². The third-order valence-electron chi connectivity index (χ3n) is 2.45. The van der Waals surface area contributed by atoms with Gasteiger partial charge in [0.05, 0.1) is 5.56 Å². The molecule has 0 atom stereocenters. The second-order valence-electron chi connectivity index (χ2n) is 3.91. The van der Waals surface area contributed by atoms with E-state index in [1.165, 1.54) is 36.4 Å². The predicted molar refractivity (Wildman–Crippen MR) is 78.5 cm³/mol. The van der Waals surface area contributed by atoms with Gasteiger partial charge in [-0.3, -0.25) is 4.72 Å². The predicted octanol–water partition coefficient (Wildman–Crippen LogP) is 2.89. The van der Waals surface area contributed by atoms with Crippen LogP contribution in [0.2, 0.25) is 10.3 Å². The van der Waals surface area contributed by atoms with Gasteiger partial charge >= 0.3 is 5.97 Å². The van der Waals surface area contributed by atoms with Crippen LogP contribution in [-0.2, 0) is 10.0 Å². The van der Waals surface area contributed by atoms with Crippen LogP contribution in [0.4, 0.5) is 5.69 Å². The first kappa shape index (κ1) is 15.6. The molecule has 0 amide bonds. The smallest absolute Gasteiger partial charge is 0.335 e. The number of aromatic nitrogens is 1. The molecule has 0 aliphatic rings. The lowest BCUT2D eigenvalue weighted by Crippen LogP contribution is -2.14. The van der Waals surface area contributed by atoms with Gasteiger partial charge in [-0.15, -0.1) is 0 Å². The molecule has 0 saturated carbocycles. The van der Waals surface area contributed by atoms with Crippen molar-refractivity contribution in [1.29, 1.82) is 0 Å². The van der Waals surface area contributed by atoms with Crippen molar-refractivity contribution in [2.75, 3.05) is 4.72 Å². The lowest BCUT2D eigenvalue weighted by atomic mass is 10.2. The molecule has 0 bridgehead atoms. The molecule has 0 saturated heterocycles. The van der Waals surface area contributed by atoms with Gasteiger partial charge in [0.2, 0.25) is 0 Å². The number of benzene rings is 1. The van der Waals surface area contributed by atoms with Gasteiger partial charge in [-0.05, 0) is 36.4 Å². The highest BCUT2D eigenvalue weighted by molar-refractivity contribution is 7.92. The van der Waals surface area contributed by atoms with Gasteiger partial charge in [0.15, 0.2) is 5.15 Å². The SMILES string of the molecule is O=C(O)c1ccc(NS(=O)(=O)c2ccc(Cl)nc2Cl)cc1. The Kier molecular flexibility index (Phi) is 4.36. The lowest BCUT2D eigenvalue weighted by Gasteiger charge is -2.09. The average Bonchev–Trinajstić information content (AvgIpc) is 2.38. The molecule has 1 heterocycles. The first-order chi connectivity index (χ1) is 9.79.